The summed E-state index contributed by atoms with van der Waals surface area (Å²) in [5.41, 5.74) is 0.371. The number of carboxylic acids is 2. The van der Waals surface area contributed by atoms with Crippen molar-refractivity contribution in [1.29, 1.82) is 0 Å². The predicted octanol–water partition coefficient (Wildman–Crippen LogP) is 67.9. The number of nitrogens with zero attached hydrogens (tertiary/aromatic N) is 3. The Morgan fingerprint density at radius 2 is 0.565 bits per heavy atom. The number of aromatic nitrogens is 2. The van der Waals surface area contributed by atoms with E-state index in [1.165, 1.54) is 44.1 Å². The normalized spacial score (nSPS) is 17.9. The van der Waals surface area contributed by atoms with Crippen LogP contribution >= 0.6 is 1070 Å². The maximum Gasteiger partial charge on any atom is 0.335 e. The number of hydrogen-bond acceptors (Lipinski definition) is 9. The first kappa shape index (κ1) is 169. The Balaban J connectivity index is 0.00000165. The molecule has 4 rings (SSSR count). The van der Waals surface area contributed by atoms with Gasteiger partial charge in [-0.25, -0.2) is 19.6 Å². The number of carbonyl (C=O) groups is 3. The van der Waals surface area contributed by atoms with Gasteiger partial charge in [-0.2, -0.15) is 0 Å². The number of aromatic carboxylic acids is 2. The fraction of sp³-hybridized carbons (Fsp3) is 0.435. The summed E-state index contributed by atoms with van der Waals surface area (Å²) in [7, 11) is -17.0. The largest absolute Gasteiger partial charge is 0.478 e. The van der Waals surface area contributed by atoms with Gasteiger partial charge in [0.25, 0.3) is 7.41 Å². The molecule has 115 heavy (non-hydrogen) atoms. The fourth-order valence-electron chi connectivity index (χ4n) is 4.73. The number of carbonyl (C=O) groups excluding carboxylic acids is 1. The first-order chi connectivity index (χ1) is 52.8. The van der Waals surface area contributed by atoms with E-state index in [9.17, 15) is 14.4 Å². The molecule has 0 bridgehead atoms. The summed E-state index contributed by atoms with van der Waals surface area (Å²) in [6.45, 7) is 3.37. The average Bonchev–Trinajstić information content (AvgIpc) is 0.821. The van der Waals surface area contributed by atoms with Gasteiger partial charge in [-0.1, -0.05) is 0 Å². The number of nitrogens with one attached hydrogen (secondary N) is 1. The third-order valence-electron chi connectivity index (χ3n) is 8.47. The van der Waals surface area contributed by atoms with Crippen LogP contribution in [0.15, 0.2) is 36.7 Å². The first-order valence-electron chi connectivity index (χ1n) is 22.4. The van der Waals surface area contributed by atoms with Crippen molar-refractivity contribution in [2.24, 2.45) is 0 Å². The van der Waals surface area contributed by atoms with Crippen LogP contribution in [0.5, 0.6) is 11.8 Å². The molecule has 0 aliphatic carbocycles. The van der Waals surface area contributed by atoms with Gasteiger partial charge >= 0.3 is 1080 Å². The van der Waals surface area contributed by atoms with Gasteiger partial charge in [0.2, 0.25) is 11.8 Å². The number of rotatable bonds is 44. The molecule has 1 radical (unpaired) electrons. The number of halogens is 80. The van der Waals surface area contributed by atoms with Gasteiger partial charge in [0.1, 0.15) is 12.2 Å². The minimum Gasteiger partial charge on any atom is -0.478 e. The number of piperidine rings is 2. The van der Waals surface area contributed by atoms with Gasteiger partial charge in [-0.15, -0.1) is 12.4 Å². The zero-order valence-corrected chi connectivity index (χ0v) is 221. The molecular weight excluding hydrogens is 10500 g/mol. The van der Waals surface area contributed by atoms with Crippen LogP contribution in [0.3, 0.4) is 0 Å². The van der Waals surface area contributed by atoms with Crippen LogP contribution in [-0.4, -0.2) is 88.9 Å². The van der Waals surface area contributed by atoms with Crippen LogP contribution < -0.4 is 28.0 Å². The molecule has 2 saturated heterocycles. The molecule has 0 atom stereocenters. The molecule has 0 unspecified atom stereocenters. The van der Waals surface area contributed by atoms with Crippen molar-refractivity contribution in [1.82, 2.24) is 20.1 Å². The third kappa shape index (κ3) is 72.7. The molecule has 2 fully saturated rings. The van der Waals surface area contributed by atoms with Crippen LogP contribution in [0.25, 0.3) is 0 Å². The van der Waals surface area contributed by atoms with Crippen molar-refractivity contribution in [2.75, 3.05) is 26.2 Å². The molecule has 0 amide bonds. The second kappa shape index (κ2) is 103. The summed E-state index contributed by atoms with van der Waals surface area (Å²) in [6, 6.07) is 5.77. The van der Waals surface area contributed by atoms with Gasteiger partial charge < -0.3 is 34.6 Å². The van der Waals surface area contributed by atoms with E-state index in [1.807, 2.05) is 4.81 Å². The molecule has 2 aromatic heterocycles. The molecule has 11 nitrogen and oxygen atoms in total. The van der Waals surface area contributed by atoms with E-state index in [0.717, 1.165) is 58.0 Å². The monoisotopic (exact) mass is 10500 g/mol. The van der Waals surface area contributed by atoms with Crippen LogP contribution in [0.2, 0.25) is 0 Å². The third-order valence-corrected chi connectivity index (χ3v) is 5870. The maximum atomic E-state index is 10.8. The second-order valence-corrected chi connectivity index (χ2v) is 1830. The van der Waals surface area contributed by atoms with E-state index in [4.69, 9.17) is 19.7 Å². The van der Waals surface area contributed by atoms with E-state index in [2.05, 4.69) is 779 Å². The number of carboxylic acid groups (broad SMARTS) is 2. The average molecular weight is 10500 g/mol. The molecule has 747 valence electrons. The topological polar surface area (TPSA) is 151 Å². The van der Waals surface area contributed by atoms with Gasteiger partial charge in [-0.3, -0.25) is 0 Å². The molecule has 0 saturated carbocycles. The van der Waals surface area contributed by atoms with E-state index in [1.54, 1.807) is 0 Å². The van der Waals surface area contributed by atoms with Gasteiger partial charge in [-0.05, 0) is 64.0 Å². The maximum absolute atomic E-state index is 10.8. The Morgan fingerprint density at radius 3 is 0.757 bits per heavy atom. The Kier molecular flexibility index (Phi) is 151. The minimum atomic E-state index is -0.998. The summed E-state index contributed by atoms with van der Waals surface area (Å²) in [4.78, 5) is 41.9. The molecule has 92 heteroatoms. The van der Waals surface area contributed by atoms with Gasteiger partial charge in [0, 0.05) is 24.5 Å². The van der Waals surface area contributed by atoms with Crippen molar-refractivity contribution < 1.29 is 47.3 Å². The van der Waals surface area contributed by atoms with Crippen molar-refractivity contribution in [2.45, 2.75) is 37.9 Å². The van der Waals surface area contributed by atoms with Crippen molar-refractivity contribution in [3.05, 3.63) is 47.8 Å². The van der Waals surface area contributed by atoms with Gasteiger partial charge in [0.15, 0.2) is 0 Å². The van der Waals surface area contributed by atoms with Crippen molar-refractivity contribution >= 4 is 1090 Å². The van der Waals surface area contributed by atoms with E-state index in [-0.39, 0.29) is 35.7 Å². The molecule has 2 aliphatic rings. The number of ether oxygens (including phenoxy) is 2. The molecule has 0 spiro atoms. The molecule has 2 aromatic rings. The SMILES string of the molecule is Cl.II(I)I(I)I(I)I(I)I(I)I(I)I(I)I(I)I(I)I(I)I(I)I(I)I(I)I(I)I.I[I-]I(I)I(I)I(I)I(I)I(I)I(I)I(I)I(I)I(I)I(I)I(I)I(I)I(I)I(I)I(I)I(I)I(I)I(I)I(I)I(I)I(I)I(I)I(I)I.O=C(O)c1ccnc(OC2CCNCC2)c1.O=C[B]N1CCC(Oc2cc(C(=O)O)ccn2)CC1. The predicted molar refractivity (Wildman–Crippen MR) is 1230 cm³/mol. The summed E-state index contributed by atoms with van der Waals surface area (Å²) in [5.74, 6) is -1.23. The Labute approximate surface area is 1220 Å². The quantitative estimate of drug-likeness (QED) is 0.0330. The Hall–Kier alpha value is 54.5. The molecule has 0 aromatic carbocycles. The molecule has 3 N–H and O–H groups in total. The number of pyridine rings is 2. The zero-order valence-electron chi connectivity index (χ0n) is 49.5. The van der Waals surface area contributed by atoms with Crippen LogP contribution in [-0.2, 0) is 4.79 Å². The van der Waals surface area contributed by atoms with Crippen LogP contribution in [0.4, 0.5) is 0 Å². The van der Waals surface area contributed by atoms with Crippen molar-refractivity contribution in [3.8, 4) is 11.8 Å². The Morgan fingerprint density at radius 1 is 0.365 bits per heavy atom. The molecular formula is C23H29BClI79N4O7-. The zero-order chi connectivity index (χ0) is 88.1. The minimum absolute atomic E-state index is 0. The second-order valence-electron chi connectivity index (χ2n) is 14.1. The van der Waals surface area contributed by atoms with E-state index in [0.29, 0.717) is 25.0 Å². The fourth-order valence-corrected chi connectivity index (χ4v) is 14000. The van der Waals surface area contributed by atoms with E-state index < -0.39 is 304 Å². The van der Waals surface area contributed by atoms with E-state index >= 15 is 0 Å². The van der Waals surface area contributed by atoms with Crippen LogP contribution in [0, 0.1) is 0 Å². The van der Waals surface area contributed by atoms with Gasteiger partial charge in [0.05, 0.1) is 17.3 Å². The molecule has 4 heterocycles. The summed E-state index contributed by atoms with van der Waals surface area (Å²) in [5, 5.41) is 20.9. The molecule has 2 aliphatic heterocycles. The standard InChI is InChI=1S/C12H14BN2O4.C11H14N2O3.ClH.I49.I30/c16-8-13-15-5-2-10(3-6-15)19-11-7-9(12(17)18)1-4-14-11;14-11(15)8-1-6-13-10(7-8)16-9-2-4-12-5-3-9;;1-26-28(4)30(6)32(8)34(10)36(12)38(14)40(16)42(18)44(20)46(22)48(24)49(25)47(23)45(21)43(19)41(17)39(15)37(13)35(11)33(9)31(7)29(5)27(2)3;1-17(2)19(5)21(7)23(9)25(11)27(13)29(15)30(16)28(14)26(12)24(10)22(8)20(6)18(3)4/h1,4,7-8,10H,2-3,5-6H2,(H,17,18);1,6-7,9,12H,2-5H2,(H,14,15);1H;;/q;;;-1;. The van der Waals surface area contributed by atoms with Crippen LogP contribution in [0.1, 0.15) is 46.4 Å². The smallest absolute Gasteiger partial charge is 0.335 e. The Bertz CT molecular complexity index is 2960. The number of hydrogen-bond donors (Lipinski definition) is 3. The van der Waals surface area contributed by atoms with Crippen molar-refractivity contribution in [3.63, 3.8) is 0 Å². The summed E-state index contributed by atoms with van der Waals surface area (Å²) in [6.07, 6.45) is 7.23. The summed E-state index contributed by atoms with van der Waals surface area (Å²) < 4.78 is 11.3. The summed E-state index contributed by atoms with van der Waals surface area (Å²) >= 11 is 133. The first-order valence-corrected chi connectivity index (χ1v) is 506.